The molecule has 1 aliphatic heterocycles. The van der Waals surface area contributed by atoms with Crippen LogP contribution in [0.25, 0.3) is 17.0 Å². The second-order valence-corrected chi connectivity index (χ2v) is 8.00. The van der Waals surface area contributed by atoms with Crippen molar-refractivity contribution < 1.29 is 9.52 Å². The lowest BCUT2D eigenvalue weighted by molar-refractivity contribution is 0.402. The van der Waals surface area contributed by atoms with Gasteiger partial charge in [-0.1, -0.05) is 55.7 Å². The molecule has 1 atom stereocenters. The molecule has 0 spiro atoms. The molecule has 152 valence electrons. The van der Waals surface area contributed by atoms with Crippen LogP contribution in [0.5, 0.6) is 5.75 Å². The van der Waals surface area contributed by atoms with Gasteiger partial charge in [0.15, 0.2) is 0 Å². The van der Waals surface area contributed by atoms with Crippen LogP contribution in [0.2, 0.25) is 0 Å². The molecule has 1 fully saturated rings. The Morgan fingerprint density at radius 1 is 1.03 bits per heavy atom. The number of nitrogens with zero attached hydrogens (tertiary/aromatic N) is 2. The Kier molecular flexibility index (Phi) is 4.87. The van der Waals surface area contributed by atoms with E-state index >= 15 is 0 Å². The average molecular weight is 400 g/mol. The van der Waals surface area contributed by atoms with Crippen LogP contribution < -0.4 is 5.63 Å². The molecule has 0 radical (unpaired) electrons. The smallest absolute Gasteiger partial charge is 0.345 e. The van der Waals surface area contributed by atoms with Gasteiger partial charge in [-0.2, -0.15) is 0 Å². The van der Waals surface area contributed by atoms with E-state index in [0.29, 0.717) is 17.0 Å². The molecule has 1 aromatic heterocycles. The molecule has 2 aliphatic rings. The lowest BCUT2D eigenvalue weighted by atomic mass is 9.91. The third kappa shape index (κ3) is 3.30. The number of fused-ring (bicyclic) bond motifs is 2. The number of aromatic hydroxyl groups is 1. The van der Waals surface area contributed by atoms with Gasteiger partial charge in [-0.3, -0.25) is 4.99 Å². The third-order valence-electron chi connectivity index (χ3n) is 6.09. The first kappa shape index (κ1) is 18.7. The number of aliphatic imine (C=N–C) groups is 1. The quantitative estimate of drug-likeness (QED) is 0.371. The average Bonchev–Trinajstić information content (AvgIpc) is 2.79. The Morgan fingerprint density at radius 3 is 2.67 bits per heavy atom. The summed E-state index contributed by atoms with van der Waals surface area (Å²) in [6.07, 6.45) is 11.6. The predicted molar refractivity (Wildman–Crippen MR) is 119 cm³/mol. The van der Waals surface area contributed by atoms with Gasteiger partial charge in [-0.05, 0) is 42.2 Å². The fraction of sp³-hybridized carbons (Fsp3) is 0.280. The largest absolute Gasteiger partial charge is 0.507 e. The number of benzene rings is 2. The molecule has 2 aromatic carbocycles. The first-order valence-electron chi connectivity index (χ1n) is 10.5. The predicted octanol–water partition coefficient (Wildman–Crippen LogP) is 5.24. The van der Waals surface area contributed by atoms with E-state index in [9.17, 15) is 9.90 Å². The van der Waals surface area contributed by atoms with E-state index in [1.165, 1.54) is 19.3 Å². The van der Waals surface area contributed by atoms with Crippen molar-refractivity contribution in [2.75, 3.05) is 0 Å². The number of rotatable bonds is 3. The molecule has 0 bridgehead atoms. The van der Waals surface area contributed by atoms with Gasteiger partial charge < -0.3 is 14.4 Å². The molecule has 1 unspecified atom stereocenters. The first-order chi connectivity index (χ1) is 14.7. The van der Waals surface area contributed by atoms with E-state index in [1.807, 2.05) is 53.8 Å². The molecular formula is C25H24N2O3. The van der Waals surface area contributed by atoms with Gasteiger partial charge in [0.2, 0.25) is 0 Å². The van der Waals surface area contributed by atoms with Crippen LogP contribution in [0.4, 0.5) is 0 Å². The minimum atomic E-state index is -0.530. The molecule has 5 rings (SSSR count). The van der Waals surface area contributed by atoms with E-state index in [0.717, 1.165) is 24.0 Å². The fourth-order valence-electron chi connectivity index (χ4n) is 4.52. The Labute approximate surface area is 175 Å². The van der Waals surface area contributed by atoms with E-state index in [1.54, 1.807) is 18.2 Å². The van der Waals surface area contributed by atoms with Crippen molar-refractivity contribution >= 4 is 23.4 Å². The van der Waals surface area contributed by atoms with Crippen molar-refractivity contribution in [2.45, 2.75) is 44.2 Å². The van der Waals surface area contributed by atoms with Crippen molar-refractivity contribution in [1.82, 2.24) is 4.90 Å². The van der Waals surface area contributed by atoms with Gasteiger partial charge in [0.05, 0.1) is 23.8 Å². The minimum Gasteiger partial charge on any atom is -0.507 e. The van der Waals surface area contributed by atoms with Gasteiger partial charge in [0.25, 0.3) is 0 Å². The summed E-state index contributed by atoms with van der Waals surface area (Å²) in [5, 5.41) is 11.6. The molecule has 1 saturated carbocycles. The van der Waals surface area contributed by atoms with Crippen molar-refractivity contribution in [2.24, 2.45) is 4.99 Å². The molecule has 2 heterocycles. The SMILES string of the molecule is O=c1oc2ccccc2c(O)c1C1c2ccccc2C=CN1C=NC1CCCCC1. The fourth-order valence-corrected chi connectivity index (χ4v) is 4.52. The summed E-state index contributed by atoms with van der Waals surface area (Å²) in [6.45, 7) is 0. The standard InChI is InChI=1S/C25H24N2O3/c28-24-20-12-6-7-13-21(20)30-25(29)22(24)23-19-11-5-4-8-17(19)14-15-27(23)16-26-18-9-2-1-3-10-18/h4-8,11-16,18,23,28H,1-3,9-10H2. The minimum absolute atomic E-state index is 0.0342. The topological polar surface area (TPSA) is 66.0 Å². The van der Waals surface area contributed by atoms with Gasteiger partial charge in [0.1, 0.15) is 16.9 Å². The van der Waals surface area contributed by atoms with Crippen LogP contribution in [0.3, 0.4) is 0 Å². The lowest BCUT2D eigenvalue weighted by Crippen LogP contribution is -2.31. The molecule has 30 heavy (non-hydrogen) atoms. The molecule has 3 aromatic rings. The molecule has 5 nitrogen and oxygen atoms in total. The van der Waals surface area contributed by atoms with E-state index in [4.69, 9.17) is 9.41 Å². The first-order valence-corrected chi connectivity index (χ1v) is 10.5. The lowest BCUT2D eigenvalue weighted by Gasteiger charge is -2.32. The van der Waals surface area contributed by atoms with Crippen molar-refractivity contribution in [3.05, 3.63) is 81.8 Å². The van der Waals surface area contributed by atoms with E-state index in [-0.39, 0.29) is 11.3 Å². The monoisotopic (exact) mass is 400 g/mol. The highest BCUT2D eigenvalue weighted by atomic mass is 16.4. The Morgan fingerprint density at radius 2 is 1.80 bits per heavy atom. The number of hydrogen-bond acceptors (Lipinski definition) is 4. The van der Waals surface area contributed by atoms with Crippen LogP contribution in [0.15, 0.2) is 68.9 Å². The summed E-state index contributed by atoms with van der Waals surface area (Å²) in [4.78, 5) is 19.7. The summed E-state index contributed by atoms with van der Waals surface area (Å²) in [5.74, 6) is -0.0342. The molecular weight excluding hydrogens is 376 g/mol. The second kappa shape index (κ2) is 7.82. The maximum atomic E-state index is 13.0. The second-order valence-electron chi connectivity index (χ2n) is 8.00. The maximum Gasteiger partial charge on any atom is 0.345 e. The third-order valence-corrected chi connectivity index (χ3v) is 6.09. The van der Waals surface area contributed by atoms with Crippen molar-refractivity contribution in [3.8, 4) is 5.75 Å². The van der Waals surface area contributed by atoms with Gasteiger partial charge >= 0.3 is 5.63 Å². The highest BCUT2D eigenvalue weighted by molar-refractivity contribution is 5.85. The molecule has 1 aliphatic carbocycles. The summed E-state index contributed by atoms with van der Waals surface area (Å²) in [6, 6.07) is 14.8. The summed E-state index contributed by atoms with van der Waals surface area (Å²) >= 11 is 0. The number of para-hydroxylation sites is 1. The van der Waals surface area contributed by atoms with Crippen molar-refractivity contribution in [3.63, 3.8) is 0 Å². The zero-order valence-electron chi connectivity index (χ0n) is 16.7. The van der Waals surface area contributed by atoms with Crippen molar-refractivity contribution in [1.29, 1.82) is 0 Å². The number of hydrogen-bond donors (Lipinski definition) is 1. The van der Waals surface area contributed by atoms with Crippen LogP contribution in [0.1, 0.15) is 54.8 Å². The van der Waals surface area contributed by atoms with Crippen LogP contribution >= 0.6 is 0 Å². The summed E-state index contributed by atoms with van der Waals surface area (Å²) in [7, 11) is 0. The highest BCUT2D eigenvalue weighted by Gasteiger charge is 2.31. The van der Waals surface area contributed by atoms with Crippen LogP contribution in [-0.2, 0) is 0 Å². The van der Waals surface area contributed by atoms with Crippen LogP contribution in [0, 0.1) is 0 Å². The summed E-state index contributed by atoms with van der Waals surface area (Å²) < 4.78 is 5.57. The molecule has 0 saturated heterocycles. The Hall–Kier alpha value is -3.34. The maximum absolute atomic E-state index is 13.0. The molecule has 0 amide bonds. The molecule has 1 N–H and O–H groups in total. The van der Waals surface area contributed by atoms with Crippen LogP contribution in [-0.4, -0.2) is 22.4 Å². The Bertz CT molecular complexity index is 1190. The van der Waals surface area contributed by atoms with Gasteiger partial charge in [0, 0.05) is 6.20 Å². The van der Waals surface area contributed by atoms with Gasteiger partial charge in [-0.15, -0.1) is 0 Å². The highest BCUT2D eigenvalue weighted by Crippen LogP contribution is 2.39. The zero-order valence-corrected chi connectivity index (χ0v) is 16.7. The summed E-state index contributed by atoms with van der Waals surface area (Å²) in [5.41, 5.74) is 2.04. The molecule has 5 heteroatoms. The van der Waals surface area contributed by atoms with E-state index in [2.05, 4.69) is 0 Å². The van der Waals surface area contributed by atoms with E-state index < -0.39 is 11.7 Å². The Balaban J connectivity index is 1.64. The normalized spacial score (nSPS) is 19.5. The van der Waals surface area contributed by atoms with Gasteiger partial charge in [-0.25, -0.2) is 4.79 Å². The zero-order chi connectivity index (χ0) is 20.5.